The average Bonchev–Trinajstić information content (AvgIpc) is 2.39. The van der Waals surface area contributed by atoms with Crippen molar-refractivity contribution in [3.63, 3.8) is 0 Å². The summed E-state index contributed by atoms with van der Waals surface area (Å²) in [5, 5.41) is 0. The standard InChI is InChI=1S/C16H25NOS/c1-13-4-5-15(14(2)10-13)17(3)11-16(12-19)6-8-18-9-7-16/h4-5,10,19H,6-9,11-12H2,1-3H3. The minimum atomic E-state index is 0.299. The summed E-state index contributed by atoms with van der Waals surface area (Å²) in [6, 6.07) is 6.68. The zero-order valence-corrected chi connectivity index (χ0v) is 13.2. The summed E-state index contributed by atoms with van der Waals surface area (Å²) in [7, 11) is 2.19. The second-order valence-electron chi connectivity index (χ2n) is 5.92. The molecule has 1 aromatic carbocycles. The van der Waals surface area contributed by atoms with Crippen molar-refractivity contribution in [3.8, 4) is 0 Å². The van der Waals surface area contributed by atoms with Crippen molar-refractivity contribution in [1.82, 2.24) is 0 Å². The van der Waals surface area contributed by atoms with E-state index in [9.17, 15) is 0 Å². The first-order valence-electron chi connectivity index (χ1n) is 7.03. The first-order valence-corrected chi connectivity index (χ1v) is 7.67. The summed E-state index contributed by atoms with van der Waals surface area (Å²) in [4.78, 5) is 2.39. The maximum Gasteiger partial charge on any atom is 0.0472 e. The lowest BCUT2D eigenvalue weighted by Gasteiger charge is -2.40. The summed E-state index contributed by atoms with van der Waals surface area (Å²) in [5.41, 5.74) is 4.31. The summed E-state index contributed by atoms with van der Waals surface area (Å²) in [6.07, 6.45) is 2.23. The van der Waals surface area contributed by atoms with Crippen molar-refractivity contribution in [1.29, 1.82) is 0 Å². The first kappa shape index (κ1) is 14.7. The molecule has 0 N–H and O–H groups in total. The molecule has 1 saturated heterocycles. The highest BCUT2D eigenvalue weighted by Crippen LogP contribution is 2.34. The van der Waals surface area contributed by atoms with Gasteiger partial charge >= 0.3 is 0 Å². The number of ether oxygens (including phenoxy) is 1. The van der Waals surface area contributed by atoms with Gasteiger partial charge in [0.05, 0.1) is 0 Å². The molecule has 2 rings (SSSR count). The normalized spacial score (nSPS) is 18.3. The van der Waals surface area contributed by atoms with Crippen LogP contribution in [0, 0.1) is 19.3 Å². The van der Waals surface area contributed by atoms with Gasteiger partial charge in [0.1, 0.15) is 0 Å². The van der Waals surface area contributed by atoms with Gasteiger partial charge < -0.3 is 9.64 Å². The van der Waals surface area contributed by atoms with Crippen molar-refractivity contribution in [2.24, 2.45) is 5.41 Å². The van der Waals surface area contributed by atoms with Crippen molar-refractivity contribution in [2.75, 3.05) is 37.5 Å². The molecule has 0 bridgehead atoms. The average molecular weight is 279 g/mol. The molecule has 1 aromatic rings. The molecule has 0 unspecified atom stereocenters. The van der Waals surface area contributed by atoms with Crippen LogP contribution in [-0.2, 0) is 4.74 Å². The fraction of sp³-hybridized carbons (Fsp3) is 0.625. The van der Waals surface area contributed by atoms with Crippen LogP contribution in [-0.4, -0.2) is 32.6 Å². The first-order chi connectivity index (χ1) is 9.06. The van der Waals surface area contributed by atoms with Crippen molar-refractivity contribution < 1.29 is 4.74 Å². The predicted molar refractivity (Wildman–Crippen MR) is 85.5 cm³/mol. The quantitative estimate of drug-likeness (QED) is 0.847. The summed E-state index contributed by atoms with van der Waals surface area (Å²) in [5.74, 6) is 0.936. The van der Waals surface area contributed by atoms with Gasteiger partial charge in [0.2, 0.25) is 0 Å². The molecule has 2 nitrogen and oxygen atoms in total. The summed E-state index contributed by atoms with van der Waals surface area (Å²) >= 11 is 4.60. The number of nitrogens with zero attached hydrogens (tertiary/aromatic N) is 1. The molecular weight excluding hydrogens is 254 g/mol. The van der Waals surface area contributed by atoms with Crippen LogP contribution in [0.5, 0.6) is 0 Å². The lowest BCUT2D eigenvalue weighted by atomic mass is 9.81. The molecule has 0 atom stereocenters. The Balaban J connectivity index is 2.12. The van der Waals surface area contributed by atoms with Crippen LogP contribution in [0.2, 0.25) is 0 Å². The van der Waals surface area contributed by atoms with E-state index in [1.165, 1.54) is 16.8 Å². The summed E-state index contributed by atoms with van der Waals surface area (Å²) in [6.45, 7) is 7.15. The number of hydrogen-bond donors (Lipinski definition) is 1. The van der Waals surface area contributed by atoms with E-state index in [4.69, 9.17) is 4.74 Å². The highest BCUT2D eigenvalue weighted by molar-refractivity contribution is 7.80. The zero-order chi connectivity index (χ0) is 13.9. The molecule has 0 saturated carbocycles. The van der Waals surface area contributed by atoms with E-state index in [0.29, 0.717) is 5.41 Å². The molecule has 1 aliphatic rings. The van der Waals surface area contributed by atoms with Crippen LogP contribution in [0.1, 0.15) is 24.0 Å². The third-order valence-corrected chi connectivity index (χ3v) is 4.90. The molecule has 1 heterocycles. The Morgan fingerprint density at radius 3 is 2.53 bits per heavy atom. The Labute approximate surface area is 122 Å². The number of hydrogen-bond acceptors (Lipinski definition) is 3. The third-order valence-electron chi connectivity index (χ3n) is 4.22. The highest BCUT2D eigenvalue weighted by atomic mass is 32.1. The van der Waals surface area contributed by atoms with E-state index >= 15 is 0 Å². The molecule has 3 heteroatoms. The van der Waals surface area contributed by atoms with E-state index in [0.717, 1.165) is 38.4 Å². The molecule has 0 radical (unpaired) electrons. The molecule has 1 aliphatic heterocycles. The van der Waals surface area contributed by atoms with Crippen LogP contribution in [0.15, 0.2) is 18.2 Å². The zero-order valence-electron chi connectivity index (χ0n) is 12.3. The molecule has 1 fully saturated rings. The lowest BCUT2D eigenvalue weighted by molar-refractivity contribution is 0.0301. The van der Waals surface area contributed by atoms with Crippen LogP contribution < -0.4 is 4.90 Å². The van der Waals surface area contributed by atoms with Gasteiger partial charge in [0.25, 0.3) is 0 Å². The van der Waals surface area contributed by atoms with E-state index in [2.05, 4.69) is 56.6 Å². The second-order valence-corrected chi connectivity index (χ2v) is 6.23. The molecular formula is C16H25NOS. The maximum absolute atomic E-state index is 5.50. The number of thiol groups is 1. The molecule has 0 amide bonds. The van der Waals surface area contributed by atoms with Gasteiger partial charge in [0.15, 0.2) is 0 Å². The minimum Gasteiger partial charge on any atom is -0.381 e. The smallest absolute Gasteiger partial charge is 0.0472 e. The van der Waals surface area contributed by atoms with Gasteiger partial charge in [0, 0.05) is 37.9 Å². The van der Waals surface area contributed by atoms with Crippen molar-refractivity contribution in [3.05, 3.63) is 29.3 Å². The van der Waals surface area contributed by atoms with Gasteiger partial charge in [-0.15, -0.1) is 0 Å². The number of benzene rings is 1. The number of anilines is 1. The van der Waals surface area contributed by atoms with Crippen LogP contribution in [0.3, 0.4) is 0 Å². The second kappa shape index (κ2) is 6.19. The van der Waals surface area contributed by atoms with Crippen LogP contribution in [0.4, 0.5) is 5.69 Å². The van der Waals surface area contributed by atoms with Gasteiger partial charge in [-0.3, -0.25) is 0 Å². The Morgan fingerprint density at radius 1 is 1.26 bits per heavy atom. The van der Waals surface area contributed by atoms with E-state index in [-0.39, 0.29) is 0 Å². The van der Waals surface area contributed by atoms with Gasteiger partial charge in [-0.25, -0.2) is 0 Å². The monoisotopic (exact) mass is 279 g/mol. The fourth-order valence-electron chi connectivity index (χ4n) is 2.99. The topological polar surface area (TPSA) is 12.5 Å². The lowest BCUT2D eigenvalue weighted by Crippen LogP contribution is -2.41. The Hall–Kier alpha value is -0.670. The van der Waals surface area contributed by atoms with Crippen LogP contribution >= 0.6 is 12.6 Å². The highest BCUT2D eigenvalue weighted by Gasteiger charge is 2.32. The van der Waals surface area contributed by atoms with Gasteiger partial charge in [-0.05, 0) is 44.1 Å². The largest absolute Gasteiger partial charge is 0.381 e. The Morgan fingerprint density at radius 2 is 1.95 bits per heavy atom. The van der Waals surface area contributed by atoms with E-state index in [1.54, 1.807) is 0 Å². The summed E-state index contributed by atoms with van der Waals surface area (Å²) < 4.78 is 5.50. The molecule has 0 aliphatic carbocycles. The van der Waals surface area contributed by atoms with E-state index < -0.39 is 0 Å². The predicted octanol–water partition coefficient (Wildman–Crippen LogP) is 3.47. The van der Waals surface area contributed by atoms with Gasteiger partial charge in [-0.1, -0.05) is 17.7 Å². The maximum atomic E-state index is 5.50. The Kier molecular flexibility index (Phi) is 4.80. The molecule has 106 valence electrons. The van der Waals surface area contributed by atoms with Gasteiger partial charge in [-0.2, -0.15) is 12.6 Å². The van der Waals surface area contributed by atoms with Crippen molar-refractivity contribution >= 4 is 18.3 Å². The fourth-order valence-corrected chi connectivity index (χ4v) is 3.41. The van der Waals surface area contributed by atoms with Crippen molar-refractivity contribution in [2.45, 2.75) is 26.7 Å². The molecule has 0 aromatic heterocycles. The SMILES string of the molecule is Cc1ccc(N(C)CC2(CS)CCOCC2)c(C)c1. The van der Waals surface area contributed by atoms with E-state index in [1.807, 2.05) is 0 Å². The molecule has 19 heavy (non-hydrogen) atoms. The number of aryl methyl sites for hydroxylation is 2. The number of rotatable bonds is 4. The third kappa shape index (κ3) is 3.46. The molecule has 0 spiro atoms. The minimum absolute atomic E-state index is 0.299. The van der Waals surface area contributed by atoms with Crippen LogP contribution in [0.25, 0.3) is 0 Å². The Bertz CT molecular complexity index is 427.